The van der Waals surface area contributed by atoms with E-state index in [1.807, 2.05) is 43.3 Å². The van der Waals surface area contributed by atoms with E-state index < -0.39 is 0 Å². The largest absolute Gasteiger partial charge is 0.486 e. The van der Waals surface area contributed by atoms with Crippen molar-refractivity contribution < 1.29 is 14.3 Å². The molecule has 26 heavy (non-hydrogen) atoms. The molecule has 1 aliphatic heterocycles. The lowest BCUT2D eigenvalue weighted by atomic mass is 10.1. The third kappa shape index (κ3) is 3.18. The highest BCUT2D eigenvalue weighted by Gasteiger charge is 2.17. The zero-order valence-electron chi connectivity index (χ0n) is 14.2. The van der Waals surface area contributed by atoms with Gasteiger partial charge in [-0.2, -0.15) is 0 Å². The summed E-state index contributed by atoms with van der Waals surface area (Å²) in [5, 5.41) is 4.34. The van der Waals surface area contributed by atoms with Crippen LogP contribution in [-0.4, -0.2) is 24.1 Å². The first-order valence-electron chi connectivity index (χ1n) is 8.34. The molecule has 0 saturated carbocycles. The zero-order chi connectivity index (χ0) is 18.1. The summed E-state index contributed by atoms with van der Waals surface area (Å²) in [6.45, 7) is 3.14. The molecule has 0 atom stereocenters. The minimum Gasteiger partial charge on any atom is -0.486 e. The molecule has 5 nitrogen and oxygen atoms in total. The Morgan fingerprint density at radius 3 is 2.88 bits per heavy atom. The van der Waals surface area contributed by atoms with Crippen LogP contribution in [-0.2, 0) is 6.54 Å². The summed E-state index contributed by atoms with van der Waals surface area (Å²) < 4.78 is 11.1. The van der Waals surface area contributed by atoms with E-state index in [4.69, 9.17) is 21.1 Å². The van der Waals surface area contributed by atoms with Gasteiger partial charge in [-0.15, -0.1) is 0 Å². The van der Waals surface area contributed by atoms with E-state index in [9.17, 15) is 4.79 Å². The molecule has 4 rings (SSSR count). The highest BCUT2D eigenvalue weighted by Crippen LogP contribution is 2.38. The topological polar surface area (TPSA) is 60.5 Å². The van der Waals surface area contributed by atoms with Crippen LogP contribution in [0.3, 0.4) is 0 Å². The highest BCUT2D eigenvalue weighted by molar-refractivity contribution is 6.32. The number of ether oxygens (including phenoxy) is 2. The van der Waals surface area contributed by atoms with E-state index in [-0.39, 0.29) is 5.91 Å². The van der Waals surface area contributed by atoms with Gasteiger partial charge in [0.1, 0.15) is 13.2 Å². The normalized spacial score (nSPS) is 12.8. The number of pyridine rings is 1. The van der Waals surface area contributed by atoms with Crippen LogP contribution in [0.4, 0.5) is 0 Å². The molecule has 3 aromatic rings. The van der Waals surface area contributed by atoms with Gasteiger partial charge in [0.05, 0.1) is 21.8 Å². The second kappa shape index (κ2) is 6.84. The molecule has 0 spiro atoms. The second-order valence-electron chi connectivity index (χ2n) is 6.10. The number of fused-ring (bicyclic) bond motifs is 2. The smallest absolute Gasteiger partial charge is 0.253 e. The Morgan fingerprint density at radius 2 is 2.00 bits per heavy atom. The monoisotopic (exact) mass is 368 g/mol. The molecule has 1 aliphatic rings. The number of rotatable bonds is 3. The molecule has 2 heterocycles. The summed E-state index contributed by atoms with van der Waals surface area (Å²) in [6, 6.07) is 13.2. The molecule has 1 N–H and O–H groups in total. The SMILES string of the molecule is Cc1nc2ccccc2cc1C(=O)NCc1cc(Cl)c2c(c1)OCCO2. The second-order valence-corrected chi connectivity index (χ2v) is 6.51. The number of amides is 1. The number of carbonyl (C=O) groups excluding carboxylic acids is 1. The number of nitrogens with zero attached hydrogens (tertiary/aromatic N) is 1. The fourth-order valence-corrected chi connectivity index (χ4v) is 3.27. The number of aromatic nitrogens is 1. The molecular formula is C20H17ClN2O3. The van der Waals surface area contributed by atoms with Crippen LogP contribution in [0.1, 0.15) is 21.6 Å². The molecule has 0 saturated heterocycles. The number of aryl methyl sites for hydroxylation is 1. The molecule has 0 bridgehead atoms. The lowest BCUT2D eigenvalue weighted by molar-refractivity contribution is 0.0950. The number of para-hydroxylation sites is 1. The van der Waals surface area contributed by atoms with Gasteiger partial charge in [-0.1, -0.05) is 29.8 Å². The minimum absolute atomic E-state index is 0.174. The Bertz CT molecular complexity index is 1000. The lowest BCUT2D eigenvalue weighted by Gasteiger charge is -2.20. The van der Waals surface area contributed by atoms with Crippen molar-refractivity contribution in [2.24, 2.45) is 0 Å². The first-order valence-corrected chi connectivity index (χ1v) is 8.72. The van der Waals surface area contributed by atoms with E-state index in [0.717, 1.165) is 16.5 Å². The van der Waals surface area contributed by atoms with Crippen molar-refractivity contribution >= 4 is 28.4 Å². The van der Waals surface area contributed by atoms with Crippen LogP contribution in [0.15, 0.2) is 42.5 Å². The zero-order valence-corrected chi connectivity index (χ0v) is 15.0. The summed E-state index contributed by atoms with van der Waals surface area (Å²) in [6.07, 6.45) is 0. The van der Waals surface area contributed by atoms with Crippen molar-refractivity contribution in [1.29, 1.82) is 0 Å². The number of hydrogen-bond donors (Lipinski definition) is 1. The van der Waals surface area contributed by atoms with Gasteiger partial charge < -0.3 is 14.8 Å². The van der Waals surface area contributed by atoms with Crippen molar-refractivity contribution in [3.63, 3.8) is 0 Å². The molecule has 0 aliphatic carbocycles. The van der Waals surface area contributed by atoms with Crippen molar-refractivity contribution in [3.05, 3.63) is 64.3 Å². The summed E-state index contributed by atoms with van der Waals surface area (Å²) in [5.74, 6) is 0.992. The average Bonchev–Trinajstić information content (AvgIpc) is 2.65. The standard InChI is InChI=1S/C20H17ClN2O3/c1-12-15(10-14-4-2-3-5-17(14)23-12)20(24)22-11-13-8-16(21)19-18(9-13)25-6-7-26-19/h2-5,8-10H,6-7,11H2,1H3,(H,22,24). The van der Waals surface area contributed by atoms with Crippen LogP contribution >= 0.6 is 11.6 Å². The van der Waals surface area contributed by atoms with E-state index >= 15 is 0 Å². The minimum atomic E-state index is -0.174. The quantitative estimate of drug-likeness (QED) is 0.761. The van der Waals surface area contributed by atoms with E-state index in [2.05, 4.69) is 10.3 Å². The van der Waals surface area contributed by atoms with Crippen molar-refractivity contribution in [2.45, 2.75) is 13.5 Å². The molecule has 132 valence electrons. The van der Waals surface area contributed by atoms with Gasteiger partial charge in [-0.25, -0.2) is 0 Å². The van der Waals surface area contributed by atoms with Gasteiger partial charge in [0.15, 0.2) is 11.5 Å². The predicted molar refractivity (Wildman–Crippen MR) is 100 cm³/mol. The molecule has 0 unspecified atom stereocenters. The maximum atomic E-state index is 12.6. The number of carbonyl (C=O) groups is 1. The molecule has 0 radical (unpaired) electrons. The Balaban J connectivity index is 1.54. The molecule has 2 aromatic carbocycles. The fourth-order valence-electron chi connectivity index (χ4n) is 2.99. The fraction of sp³-hybridized carbons (Fsp3) is 0.200. The van der Waals surface area contributed by atoms with Crippen LogP contribution in [0, 0.1) is 6.92 Å². The molecule has 6 heteroatoms. The van der Waals surface area contributed by atoms with Gasteiger partial charge in [-0.05, 0) is 36.8 Å². The van der Waals surface area contributed by atoms with Crippen LogP contribution in [0.2, 0.25) is 5.02 Å². The number of benzene rings is 2. The summed E-state index contributed by atoms with van der Waals surface area (Å²) in [7, 11) is 0. The maximum Gasteiger partial charge on any atom is 0.253 e. The third-order valence-corrected chi connectivity index (χ3v) is 4.55. The van der Waals surface area contributed by atoms with E-state index in [1.54, 1.807) is 6.07 Å². The first kappa shape index (κ1) is 16.7. The average molecular weight is 369 g/mol. The Hall–Kier alpha value is -2.79. The lowest BCUT2D eigenvalue weighted by Crippen LogP contribution is -2.24. The van der Waals surface area contributed by atoms with Crippen molar-refractivity contribution in [3.8, 4) is 11.5 Å². The van der Waals surface area contributed by atoms with Crippen LogP contribution < -0.4 is 14.8 Å². The Labute approximate surface area is 155 Å². The molecule has 0 fully saturated rings. The summed E-state index contributed by atoms with van der Waals surface area (Å²) >= 11 is 6.24. The van der Waals surface area contributed by atoms with E-state index in [1.165, 1.54) is 0 Å². The van der Waals surface area contributed by atoms with Crippen LogP contribution in [0.5, 0.6) is 11.5 Å². The number of nitrogens with one attached hydrogen (secondary N) is 1. The molecular weight excluding hydrogens is 352 g/mol. The highest BCUT2D eigenvalue weighted by atomic mass is 35.5. The Morgan fingerprint density at radius 1 is 1.19 bits per heavy atom. The van der Waals surface area contributed by atoms with Crippen LogP contribution in [0.25, 0.3) is 10.9 Å². The summed E-state index contributed by atoms with van der Waals surface area (Å²) in [5.41, 5.74) is 2.98. The summed E-state index contributed by atoms with van der Waals surface area (Å²) in [4.78, 5) is 17.1. The van der Waals surface area contributed by atoms with Gasteiger partial charge in [0, 0.05) is 11.9 Å². The number of hydrogen-bond acceptors (Lipinski definition) is 4. The third-order valence-electron chi connectivity index (χ3n) is 4.27. The van der Waals surface area contributed by atoms with Crippen molar-refractivity contribution in [1.82, 2.24) is 10.3 Å². The number of halogens is 1. The Kier molecular flexibility index (Phi) is 4.39. The van der Waals surface area contributed by atoms with Gasteiger partial charge in [-0.3, -0.25) is 9.78 Å². The van der Waals surface area contributed by atoms with Gasteiger partial charge >= 0.3 is 0 Å². The molecule has 1 amide bonds. The van der Waals surface area contributed by atoms with Crippen molar-refractivity contribution in [2.75, 3.05) is 13.2 Å². The first-order chi connectivity index (χ1) is 12.6. The maximum absolute atomic E-state index is 12.6. The van der Waals surface area contributed by atoms with E-state index in [0.29, 0.717) is 47.5 Å². The van der Waals surface area contributed by atoms with Gasteiger partial charge in [0.25, 0.3) is 5.91 Å². The molecule has 1 aromatic heterocycles. The van der Waals surface area contributed by atoms with Gasteiger partial charge in [0.2, 0.25) is 0 Å². The predicted octanol–water partition coefficient (Wildman–Crippen LogP) is 3.90.